The van der Waals surface area contributed by atoms with Gasteiger partial charge in [-0.25, -0.2) is 0 Å². The molecule has 5 atom stereocenters. The molecule has 1 aromatic carbocycles. The fraction of sp³-hybridized carbons (Fsp3) is 0.536. The van der Waals surface area contributed by atoms with E-state index in [9.17, 15) is 27.7 Å². The lowest BCUT2D eigenvalue weighted by Crippen LogP contribution is -2.59. The third kappa shape index (κ3) is 5.03. The van der Waals surface area contributed by atoms with Crippen molar-refractivity contribution in [3.63, 3.8) is 0 Å². The standard InChI is InChI=1S/C28H31F2N6O6PS/c1-13-31-24(34-33-13)17-11-35(12-17)27(39)21-4-3-19-8-14-6-15(14)9-20(26(38)36(19)21)32-25(37)23-10-16-7-18(2-5-22(16)44-23)28(29,30)43(40,41)42/h2,5,7,10,14-15,17,19-21H,3-4,6,8-9,11-12H2,1H3,(H,32,37)(H,31,33,34)(H2,40,41,42)/t14-,15+,19+,20-,21-/m0/s1. The van der Waals surface area contributed by atoms with Crippen molar-refractivity contribution in [2.75, 3.05) is 13.1 Å². The fourth-order valence-corrected chi connectivity index (χ4v) is 8.38. The van der Waals surface area contributed by atoms with E-state index in [1.807, 2.05) is 6.92 Å². The van der Waals surface area contributed by atoms with Gasteiger partial charge in [0.05, 0.1) is 10.8 Å². The van der Waals surface area contributed by atoms with Crippen LogP contribution in [0.25, 0.3) is 10.1 Å². The molecule has 0 spiro atoms. The second kappa shape index (κ2) is 10.4. The summed E-state index contributed by atoms with van der Waals surface area (Å²) >= 11 is 1.03. The van der Waals surface area contributed by atoms with Crippen molar-refractivity contribution in [1.29, 1.82) is 0 Å². The molecule has 0 unspecified atom stereocenters. The van der Waals surface area contributed by atoms with Gasteiger partial charge in [0.25, 0.3) is 5.91 Å². The minimum atomic E-state index is -5.75. The summed E-state index contributed by atoms with van der Waals surface area (Å²) in [6.07, 6.45) is 3.56. The van der Waals surface area contributed by atoms with Crippen LogP contribution < -0.4 is 5.32 Å². The van der Waals surface area contributed by atoms with Crippen molar-refractivity contribution in [3.8, 4) is 0 Å². The van der Waals surface area contributed by atoms with E-state index < -0.39 is 36.8 Å². The second-order valence-corrected chi connectivity index (χ2v) is 15.2. The molecule has 1 saturated carbocycles. The smallest absolute Gasteiger partial charge is 0.340 e. The summed E-state index contributed by atoms with van der Waals surface area (Å²) in [5.74, 6) is 1.35. The van der Waals surface area contributed by atoms with E-state index in [4.69, 9.17) is 9.79 Å². The molecule has 0 radical (unpaired) electrons. The molecule has 44 heavy (non-hydrogen) atoms. The van der Waals surface area contributed by atoms with Crippen molar-refractivity contribution in [2.45, 2.75) is 68.7 Å². The average Bonchev–Trinajstić information content (AvgIpc) is 3.27. The van der Waals surface area contributed by atoms with Gasteiger partial charge in [0.1, 0.15) is 23.7 Å². The van der Waals surface area contributed by atoms with Crippen LogP contribution in [0.2, 0.25) is 0 Å². The van der Waals surface area contributed by atoms with Gasteiger partial charge in [-0.1, -0.05) is 6.07 Å². The Bertz CT molecular complexity index is 1720. The number of nitrogens with zero attached hydrogens (tertiary/aromatic N) is 4. The first-order valence-corrected chi connectivity index (χ1v) is 17.0. The normalized spacial score (nSPS) is 27.4. The number of carbonyl (C=O) groups excluding carboxylic acids is 3. The van der Waals surface area contributed by atoms with Crippen molar-refractivity contribution in [3.05, 3.63) is 46.4 Å². The summed E-state index contributed by atoms with van der Waals surface area (Å²) in [6.45, 7) is 2.81. The quantitative estimate of drug-likeness (QED) is 0.296. The van der Waals surface area contributed by atoms with Crippen LogP contribution in [-0.2, 0) is 19.8 Å². The molecule has 3 saturated heterocycles. The topological polar surface area (TPSA) is 169 Å². The van der Waals surface area contributed by atoms with E-state index in [1.54, 1.807) is 9.80 Å². The molecule has 3 aromatic rings. The lowest BCUT2D eigenvalue weighted by atomic mass is 9.97. The molecule has 5 heterocycles. The van der Waals surface area contributed by atoms with Gasteiger partial charge in [-0.05, 0) is 74.4 Å². The zero-order valence-corrected chi connectivity index (χ0v) is 25.4. The van der Waals surface area contributed by atoms with Gasteiger partial charge in [0.15, 0.2) is 0 Å². The SMILES string of the molecule is Cc1nnc(C2CN(C(=O)[C@@H]3CC[C@@H]4C[C@@H]5C[C@@H]5C[C@H](NC(=O)c5cc6cc(C(F)(F)P(=O)(O)O)ccc6s5)C(=O)N43)C2)[nH]1. The van der Waals surface area contributed by atoms with E-state index in [0.717, 1.165) is 48.6 Å². The lowest BCUT2D eigenvalue weighted by Gasteiger charge is -2.42. The van der Waals surface area contributed by atoms with Crippen LogP contribution in [0.4, 0.5) is 8.78 Å². The van der Waals surface area contributed by atoms with Gasteiger partial charge in [0, 0.05) is 29.4 Å². The Labute approximate surface area is 254 Å². The maximum absolute atomic E-state index is 14.3. The number of H-pyrrole nitrogens is 1. The Morgan fingerprint density at radius 1 is 1.11 bits per heavy atom. The molecular formula is C28H31F2N6O6PS. The number of aromatic nitrogens is 3. The number of hydrogen-bond acceptors (Lipinski definition) is 7. The third-order valence-electron chi connectivity index (χ3n) is 9.48. The molecule has 1 aliphatic carbocycles. The number of benzene rings is 1. The first kappa shape index (κ1) is 29.5. The molecule has 0 bridgehead atoms. The van der Waals surface area contributed by atoms with E-state index >= 15 is 0 Å². The number of carbonyl (C=O) groups is 3. The van der Waals surface area contributed by atoms with Gasteiger partial charge in [-0.15, -0.1) is 21.5 Å². The molecule has 4 fully saturated rings. The number of thiophene rings is 1. The number of fused-ring (bicyclic) bond motifs is 3. The largest absolute Gasteiger partial charge is 0.399 e. The van der Waals surface area contributed by atoms with Crippen LogP contribution in [0.15, 0.2) is 24.3 Å². The highest BCUT2D eigenvalue weighted by atomic mass is 32.1. The Morgan fingerprint density at radius 3 is 2.57 bits per heavy atom. The second-order valence-electron chi connectivity index (χ2n) is 12.4. The van der Waals surface area contributed by atoms with Crippen LogP contribution in [0.3, 0.4) is 0 Å². The van der Waals surface area contributed by atoms with Crippen molar-refractivity contribution >= 4 is 46.7 Å². The summed E-state index contributed by atoms with van der Waals surface area (Å²) in [4.78, 5) is 66.0. The first-order valence-electron chi connectivity index (χ1n) is 14.6. The van der Waals surface area contributed by atoms with Gasteiger partial charge in [0.2, 0.25) is 11.8 Å². The van der Waals surface area contributed by atoms with Crippen LogP contribution in [0.5, 0.6) is 0 Å². The Kier molecular flexibility index (Phi) is 6.96. The summed E-state index contributed by atoms with van der Waals surface area (Å²) in [6, 6.07) is 3.06. The van der Waals surface area contributed by atoms with Crippen molar-refractivity contribution in [1.82, 2.24) is 30.3 Å². The minimum absolute atomic E-state index is 0.0695. The Hall–Kier alpha value is -3.26. The molecule has 3 amide bonds. The number of nitrogens with one attached hydrogen (secondary N) is 2. The predicted octanol–water partition coefficient (Wildman–Crippen LogP) is 3.07. The molecule has 234 valence electrons. The van der Waals surface area contributed by atoms with Crippen LogP contribution >= 0.6 is 18.9 Å². The van der Waals surface area contributed by atoms with Gasteiger partial charge in [-0.3, -0.25) is 18.9 Å². The molecule has 7 rings (SSSR count). The predicted molar refractivity (Wildman–Crippen MR) is 154 cm³/mol. The number of rotatable bonds is 6. The van der Waals surface area contributed by atoms with E-state index in [-0.39, 0.29) is 34.0 Å². The van der Waals surface area contributed by atoms with Crippen LogP contribution in [0.1, 0.15) is 64.9 Å². The summed E-state index contributed by atoms with van der Waals surface area (Å²) in [5, 5.41) is 11.2. The highest BCUT2D eigenvalue weighted by Crippen LogP contribution is 2.59. The highest BCUT2D eigenvalue weighted by molar-refractivity contribution is 7.52. The summed E-state index contributed by atoms with van der Waals surface area (Å²) < 4.78 is 40.4. The number of hydrogen-bond donors (Lipinski definition) is 4. The zero-order chi connectivity index (χ0) is 31.1. The summed E-state index contributed by atoms with van der Waals surface area (Å²) in [5.41, 5.74) is -5.22. The number of likely N-dealkylation sites (tertiary alicyclic amines) is 1. The summed E-state index contributed by atoms with van der Waals surface area (Å²) in [7, 11) is -5.75. The zero-order valence-electron chi connectivity index (χ0n) is 23.7. The average molecular weight is 649 g/mol. The minimum Gasteiger partial charge on any atom is -0.340 e. The number of aromatic amines is 1. The van der Waals surface area contributed by atoms with Crippen molar-refractivity contribution < 1.29 is 37.5 Å². The molecule has 4 aliphatic rings. The third-order valence-corrected chi connectivity index (χ3v) is 11.6. The number of alkyl halides is 2. The molecule has 16 heteroatoms. The van der Waals surface area contributed by atoms with Crippen LogP contribution in [0, 0.1) is 18.8 Å². The van der Waals surface area contributed by atoms with E-state index in [0.29, 0.717) is 48.3 Å². The molecule has 2 aromatic heterocycles. The van der Waals surface area contributed by atoms with E-state index in [2.05, 4.69) is 20.5 Å². The molecular weight excluding hydrogens is 617 g/mol. The highest BCUT2D eigenvalue weighted by Gasteiger charge is 2.53. The maximum Gasteiger partial charge on any atom is 0.399 e. The molecule has 4 N–H and O–H groups in total. The van der Waals surface area contributed by atoms with Gasteiger partial charge in [-0.2, -0.15) is 8.78 Å². The Morgan fingerprint density at radius 2 is 1.86 bits per heavy atom. The number of halogens is 2. The first-order chi connectivity index (χ1) is 20.8. The van der Waals surface area contributed by atoms with Crippen molar-refractivity contribution in [2.24, 2.45) is 11.8 Å². The molecule has 12 nitrogen and oxygen atoms in total. The molecule has 3 aliphatic heterocycles. The van der Waals surface area contributed by atoms with Crippen LogP contribution in [-0.4, -0.2) is 83.7 Å². The Balaban J connectivity index is 1.08. The van der Waals surface area contributed by atoms with E-state index in [1.165, 1.54) is 12.1 Å². The maximum atomic E-state index is 14.3. The lowest BCUT2D eigenvalue weighted by molar-refractivity contribution is -0.149. The van der Waals surface area contributed by atoms with Gasteiger partial charge >= 0.3 is 13.3 Å². The number of amides is 3. The number of aryl methyl sites for hydroxylation is 1. The fourth-order valence-electron chi connectivity index (χ4n) is 6.96. The monoisotopic (exact) mass is 648 g/mol. The van der Waals surface area contributed by atoms with Gasteiger partial charge < -0.3 is 29.9 Å².